The maximum atomic E-state index is 5.72. The first-order valence-corrected chi connectivity index (χ1v) is 7.28. The van der Waals surface area contributed by atoms with Gasteiger partial charge in [-0.2, -0.15) is 0 Å². The van der Waals surface area contributed by atoms with E-state index in [0.717, 1.165) is 33.8 Å². The van der Waals surface area contributed by atoms with Crippen LogP contribution in [0.2, 0.25) is 0 Å². The summed E-state index contributed by atoms with van der Waals surface area (Å²) in [5.74, 6) is 0.921. The predicted molar refractivity (Wildman–Crippen MR) is 77.2 cm³/mol. The van der Waals surface area contributed by atoms with Crippen LogP contribution in [-0.2, 0) is 6.54 Å². The van der Waals surface area contributed by atoms with Crippen molar-refractivity contribution < 1.29 is 4.74 Å². The number of halogens is 1. The standard InChI is InChI=1S/C12H14BrN3OS/c1-2-5-17-11-4-3-10(13)6-9(11)7-14-12-8-15-16-18-12/h3-4,6,8,14H,2,5,7H2,1H3. The second-order valence-electron chi connectivity index (χ2n) is 3.74. The van der Waals surface area contributed by atoms with E-state index < -0.39 is 0 Å². The molecule has 0 amide bonds. The zero-order chi connectivity index (χ0) is 12.8. The van der Waals surface area contributed by atoms with Crippen LogP contribution in [0.15, 0.2) is 28.9 Å². The minimum atomic E-state index is 0.697. The molecule has 0 saturated heterocycles. The normalized spacial score (nSPS) is 10.3. The topological polar surface area (TPSA) is 47.0 Å². The van der Waals surface area contributed by atoms with Gasteiger partial charge in [-0.1, -0.05) is 27.3 Å². The third-order valence-electron chi connectivity index (χ3n) is 2.30. The highest BCUT2D eigenvalue weighted by molar-refractivity contribution is 9.10. The molecule has 4 nitrogen and oxygen atoms in total. The molecule has 1 aromatic heterocycles. The van der Waals surface area contributed by atoms with E-state index in [2.05, 4.69) is 43.8 Å². The molecule has 0 aliphatic rings. The molecule has 0 fully saturated rings. The molecule has 2 rings (SSSR count). The van der Waals surface area contributed by atoms with Gasteiger partial charge in [0.15, 0.2) is 0 Å². The molecule has 2 aromatic rings. The molecule has 1 heterocycles. The molecule has 0 aliphatic heterocycles. The number of hydrogen-bond acceptors (Lipinski definition) is 5. The Kier molecular flexibility index (Phi) is 4.95. The lowest BCUT2D eigenvalue weighted by atomic mass is 10.2. The summed E-state index contributed by atoms with van der Waals surface area (Å²) in [6.07, 6.45) is 2.72. The molecule has 0 aliphatic carbocycles. The molecular formula is C12H14BrN3OS. The summed E-state index contributed by atoms with van der Waals surface area (Å²) in [7, 11) is 0. The minimum absolute atomic E-state index is 0.697. The lowest BCUT2D eigenvalue weighted by Crippen LogP contribution is -2.03. The number of rotatable bonds is 6. The highest BCUT2D eigenvalue weighted by atomic mass is 79.9. The Morgan fingerprint density at radius 2 is 2.33 bits per heavy atom. The molecule has 0 radical (unpaired) electrons. The summed E-state index contributed by atoms with van der Waals surface area (Å²) in [5.41, 5.74) is 1.12. The number of aromatic nitrogens is 2. The molecule has 0 saturated carbocycles. The smallest absolute Gasteiger partial charge is 0.130 e. The van der Waals surface area contributed by atoms with Gasteiger partial charge in [-0.15, -0.1) is 5.10 Å². The van der Waals surface area contributed by atoms with Crippen molar-refractivity contribution >= 4 is 32.5 Å². The van der Waals surface area contributed by atoms with Crippen molar-refractivity contribution in [2.75, 3.05) is 11.9 Å². The Bertz CT molecular complexity index is 490. The Hall–Kier alpha value is -1.14. The average Bonchev–Trinajstić information content (AvgIpc) is 2.88. The number of benzene rings is 1. The third kappa shape index (κ3) is 3.68. The van der Waals surface area contributed by atoms with Crippen LogP contribution in [0.5, 0.6) is 5.75 Å². The molecular weight excluding hydrogens is 314 g/mol. The maximum Gasteiger partial charge on any atom is 0.130 e. The monoisotopic (exact) mass is 327 g/mol. The van der Waals surface area contributed by atoms with Crippen molar-refractivity contribution in [2.24, 2.45) is 0 Å². The Balaban J connectivity index is 2.06. The van der Waals surface area contributed by atoms with E-state index in [1.54, 1.807) is 6.20 Å². The van der Waals surface area contributed by atoms with Gasteiger partial charge >= 0.3 is 0 Å². The van der Waals surface area contributed by atoms with Crippen LogP contribution < -0.4 is 10.1 Å². The van der Waals surface area contributed by atoms with E-state index in [9.17, 15) is 0 Å². The fraction of sp³-hybridized carbons (Fsp3) is 0.333. The summed E-state index contributed by atoms with van der Waals surface area (Å²) in [4.78, 5) is 0. The number of nitrogens with zero attached hydrogens (tertiary/aromatic N) is 2. The van der Waals surface area contributed by atoms with E-state index in [0.29, 0.717) is 6.54 Å². The molecule has 1 N–H and O–H groups in total. The van der Waals surface area contributed by atoms with Crippen molar-refractivity contribution in [3.63, 3.8) is 0 Å². The Morgan fingerprint density at radius 3 is 3.06 bits per heavy atom. The summed E-state index contributed by atoms with van der Waals surface area (Å²) in [6, 6.07) is 6.04. The summed E-state index contributed by atoms with van der Waals surface area (Å²) in [5, 5.41) is 8.02. The van der Waals surface area contributed by atoms with E-state index in [4.69, 9.17) is 4.74 Å². The van der Waals surface area contributed by atoms with Gasteiger partial charge in [0.25, 0.3) is 0 Å². The SMILES string of the molecule is CCCOc1ccc(Br)cc1CNc1cnns1. The van der Waals surface area contributed by atoms with E-state index in [1.807, 2.05) is 12.1 Å². The molecule has 0 atom stereocenters. The molecule has 0 bridgehead atoms. The van der Waals surface area contributed by atoms with Crippen molar-refractivity contribution in [3.8, 4) is 5.75 Å². The fourth-order valence-corrected chi connectivity index (χ4v) is 2.29. The second-order valence-corrected chi connectivity index (χ2v) is 5.44. The van der Waals surface area contributed by atoms with Crippen LogP contribution in [0.3, 0.4) is 0 Å². The highest BCUT2D eigenvalue weighted by Crippen LogP contribution is 2.24. The van der Waals surface area contributed by atoms with Gasteiger partial charge in [0, 0.05) is 28.1 Å². The number of ether oxygens (including phenoxy) is 1. The summed E-state index contributed by atoms with van der Waals surface area (Å²) < 4.78 is 10.6. The molecule has 96 valence electrons. The quantitative estimate of drug-likeness (QED) is 0.878. The van der Waals surface area contributed by atoms with E-state index >= 15 is 0 Å². The maximum absolute atomic E-state index is 5.72. The van der Waals surface area contributed by atoms with Crippen LogP contribution in [-0.4, -0.2) is 16.2 Å². The largest absolute Gasteiger partial charge is 0.493 e. The van der Waals surface area contributed by atoms with Crippen molar-refractivity contribution in [2.45, 2.75) is 19.9 Å². The summed E-state index contributed by atoms with van der Waals surface area (Å²) in [6.45, 7) is 3.53. The molecule has 1 aromatic carbocycles. The first-order valence-electron chi connectivity index (χ1n) is 5.72. The lowest BCUT2D eigenvalue weighted by Gasteiger charge is -2.11. The number of anilines is 1. The van der Waals surface area contributed by atoms with Crippen LogP contribution in [0.1, 0.15) is 18.9 Å². The van der Waals surface area contributed by atoms with E-state index in [-0.39, 0.29) is 0 Å². The van der Waals surface area contributed by atoms with Gasteiger partial charge in [0.05, 0.1) is 12.8 Å². The lowest BCUT2D eigenvalue weighted by molar-refractivity contribution is 0.314. The van der Waals surface area contributed by atoms with Crippen LogP contribution >= 0.6 is 27.5 Å². The van der Waals surface area contributed by atoms with Gasteiger partial charge in [0.2, 0.25) is 0 Å². The zero-order valence-electron chi connectivity index (χ0n) is 10.0. The third-order valence-corrected chi connectivity index (χ3v) is 3.41. The highest BCUT2D eigenvalue weighted by Gasteiger charge is 2.05. The van der Waals surface area contributed by atoms with Crippen molar-refractivity contribution in [3.05, 3.63) is 34.4 Å². The van der Waals surface area contributed by atoms with Crippen molar-refractivity contribution in [1.82, 2.24) is 9.59 Å². The van der Waals surface area contributed by atoms with Crippen LogP contribution in [0, 0.1) is 0 Å². The minimum Gasteiger partial charge on any atom is -0.493 e. The predicted octanol–water partition coefficient (Wildman–Crippen LogP) is 3.70. The van der Waals surface area contributed by atoms with Gasteiger partial charge < -0.3 is 10.1 Å². The fourth-order valence-electron chi connectivity index (χ4n) is 1.47. The summed E-state index contributed by atoms with van der Waals surface area (Å²) >= 11 is 4.82. The van der Waals surface area contributed by atoms with Crippen molar-refractivity contribution in [1.29, 1.82) is 0 Å². The zero-order valence-corrected chi connectivity index (χ0v) is 12.4. The number of nitrogens with one attached hydrogen (secondary N) is 1. The molecule has 0 unspecified atom stereocenters. The van der Waals surface area contributed by atoms with Gasteiger partial charge in [-0.25, -0.2) is 0 Å². The Morgan fingerprint density at radius 1 is 1.44 bits per heavy atom. The van der Waals surface area contributed by atoms with Crippen LogP contribution in [0.25, 0.3) is 0 Å². The Labute approximate surface area is 119 Å². The molecule has 0 spiro atoms. The van der Waals surface area contributed by atoms with Gasteiger partial charge in [-0.05, 0) is 24.6 Å². The molecule has 18 heavy (non-hydrogen) atoms. The first-order chi connectivity index (χ1) is 8.79. The van der Waals surface area contributed by atoms with Crippen LogP contribution in [0.4, 0.5) is 5.00 Å². The second kappa shape index (κ2) is 6.70. The van der Waals surface area contributed by atoms with Gasteiger partial charge in [0.1, 0.15) is 10.8 Å². The first kappa shape index (κ1) is 13.3. The average molecular weight is 328 g/mol. The van der Waals surface area contributed by atoms with Gasteiger partial charge in [-0.3, -0.25) is 0 Å². The molecule has 6 heteroatoms. The number of hydrogen-bond donors (Lipinski definition) is 1. The van der Waals surface area contributed by atoms with E-state index in [1.165, 1.54) is 11.5 Å².